The average Bonchev–Trinajstić information content (AvgIpc) is 1.46. The Kier molecular flexibility index (Phi) is 9.82. The van der Waals surface area contributed by atoms with Gasteiger partial charge in [-0.05, 0) is 197 Å². The normalized spacial score (nSPS) is 23.6. The van der Waals surface area contributed by atoms with Gasteiger partial charge < -0.3 is 10.6 Å². The number of allylic oxidation sites excluding steroid dienone is 3. The second kappa shape index (κ2) is 20.4. The average molecular weight is 1720 g/mol. The number of aliphatic imine (C=N–C) groups is 3. The van der Waals surface area contributed by atoms with Crippen LogP contribution in [0.5, 0.6) is 0 Å². The third kappa shape index (κ3) is 6.31. The summed E-state index contributed by atoms with van der Waals surface area (Å²) in [6, 6.07) is 118. The third-order valence-corrected chi connectivity index (χ3v) is 35.2. The number of rotatable bonds is 6. The molecule has 40 rings (SSSR count). The largest absolute Gasteiger partial charge is 0.667 e. The smallest absolute Gasteiger partial charge is 0.360 e. The lowest BCUT2D eigenvalue weighted by Crippen LogP contribution is -2.85. The van der Waals surface area contributed by atoms with E-state index in [1.165, 1.54) is 267 Å². The molecule has 9 atom stereocenters. The van der Waals surface area contributed by atoms with Crippen molar-refractivity contribution < 1.29 is 27.4 Å². The van der Waals surface area contributed by atoms with Gasteiger partial charge in [-0.3, -0.25) is 15.0 Å². The zero-order valence-corrected chi connectivity index (χ0v) is 71.6. The van der Waals surface area contributed by atoms with Gasteiger partial charge in [0.2, 0.25) is 67.3 Å². The minimum absolute atomic E-state index is 0.00853. The Labute approximate surface area is 764 Å². The van der Waals surface area contributed by atoms with Crippen LogP contribution < -0.4 is 83.5 Å². The van der Waals surface area contributed by atoms with Crippen LogP contribution in [-0.2, 0) is 17.7 Å². The van der Waals surface area contributed by atoms with Crippen molar-refractivity contribution in [1.82, 2.24) is 38.1 Å². The fourth-order valence-electron chi connectivity index (χ4n) is 30.9. The molecule has 0 fully saturated rings. The highest BCUT2D eigenvalue weighted by molar-refractivity contribution is 6.13. The van der Waals surface area contributed by atoms with Crippen molar-refractivity contribution in [3.8, 4) is 102 Å². The minimum atomic E-state index is -0.879. The van der Waals surface area contributed by atoms with Crippen molar-refractivity contribution in [3.63, 3.8) is 0 Å². The van der Waals surface area contributed by atoms with Crippen molar-refractivity contribution in [2.45, 2.75) is 60.3 Å². The van der Waals surface area contributed by atoms with Crippen LogP contribution in [0.4, 0.5) is 0 Å². The van der Waals surface area contributed by atoms with Crippen molar-refractivity contribution in [3.05, 3.63) is 442 Å². The number of pyridine rings is 6. The molecule has 10 aromatic carbocycles. The molecular formula is C118H64N17+9. The Bertz CT molecular complexity index is 9480. The molecule has 17 heteroatoms. The molecule has 17 nitrogen and oxygen atoms in total. The molecule has 0 saturated heterocycles. The number of hydrogen-bond donors (Lipinski definition) is 2. The van der Waals surface area contributed by atoms with Crippen LogP contribution in [0.1, 0.15) is 126 Å². The molecule has 9 aromatic heterocycles. The lowest BCUT2D eigenvalue weighted by atomic mass is 9.78. The van der Waals surface area contributed by atoms with Crippen molar-refractivity contribution in [1.29, 1.82) is 0 Å². The van der Waals surface area contributed by atoms with Crippen LogP contribution in [0.15, 0.2) is 341 Å². The Morgan fingerprint density at radius 1 is 0.274 bits per heavy atom. The van der Waals surface area contributed by atoms with Crippen LogP contribution in [0.2, 0.25) is 0 Å². The quantitative estimate of drug-likeness (QED) is 0.162. The van der Waals surface area contributed by atoms with Crippen molar-refractivity contribution in [2.24, 2.45) is 15.0 Å². The van der Waals surface area contributed by atoms with Gasteiger partial charge >= 0.3 is 17.7 Å². The molecule has 27 heterocycles. The van der Waals surface area contributed by atoms with Gasteiger partial charge in [0.1, 0.15) is 40.4 Å². The highest BCUT2D eigenvalue weighted by Gasteiger charge is 2.86. The van der Waals surface area contributed by atoms with Gasteiger partial charge in [-0.25, -0.2) is 0 Å². The molecule has 9 unspecified atom stereocenters. The maximum absolute atomic E-state index is 6.34. The number of nitrogens with one attached hydrogen (secondary N) is 2. The fourth-order valence-corrected chi connectivity index (χ4v) is 30.9. The molecular weight excluding hydrogens is 1660 g/mol. The van der Waals surface area contributed by atoms with E-state index in [1.54, 1.807) is 0 Å². The van der Waals surface area contributed by atoms with E-state index in [9.17, 15) is 0 Å². The Morgan fingerprint density at radius 2 is 0.593 bits per heavy atom. The monoisotopic (exact) mass is 1720 g/mol. The standard InChI is InChI=1S/C118H64N17/c1-4-16-56(17-5-1)94-88-49-59-22-10-28-69-82-40-34-68-80-55-81(119-97(80)75-35-41-83-70-29-11-23-60-50-89(94)131(103(60)70)116(130(88)102(59)69)124(82)108(68)109(75)125(83)116)65-46-66(114-120-98-76-36-42-84-71-30-12-24-61-51-90-95(57-18-6-2-7-19-57)91-52-62-25-13-31-72-85-43-37-77(99(98)121-114)111-110(76)126(84)117(127(85)111,132(90)104(61)71)133(91)105(62)72)48-67(47-65)115-122-100-78-38-44-86-73-32-14-26-63-53-92-96(58-20-8-3-9-21-58)93-54-64-27-15-33-74-87-45-39-79(101(100)123-115)113-112(78)128(86)118(129(87)113,134(92)106(63)73)135(93)107(64)74/h1-54,80,97-101H,55H2,(H,120,121)(H,122,123)/q+9. The van der Waals surface area contributed by atoms with E-state index in [1.807, 2.05) is 0 Å². The summed E-state index contributed by atoms with van der Waals surface area (Å²) >= 11 is 0. The van der Waals surface area contributed by atoms with Crippen LogP contribution in [0.3, 0.4) is 0 Å². The molecule has 21 aliphatic rings. The topological polar surface area (TPSA) is 108 Å². The van der Waals surface area contributed by atoms with Gasteiger partial charge in [0.05, 0.1) is 129 Å². The molecule has 0 amide bonds. The third-order valence-electron chi connectivity index (χ3n) is 35.2. The lowest BCUT2D eigenvalue weighted by molar-refractivity contribution is -0.972. The van der Waals surface area contributed by atoms with Crippen LogP contribution >= 0.6 is 0 Å². The second-order valence-electron chi connectivity index (χ2n) is 40.5. The first-order valence-electron chi connectivity index (χ1n) is 47.7. The highest BCUT2D eigenvalue weighted by Crippen LogP contribution is 2.62. The molecule has 3 aliphatic carbocycles. The van der Waals surface area contributed by atoms with Crippen LogP contribution in [0, 0.1) is 0 Å². The molecule has 2 N–H and O–H groups in total. The summed E-state index contributed by atoms with van der Waals surface area (Å²) < 4.78 is 32.9. The molecule has 135 heavy (non-hydrogen) atoms. The predicted octanol–water partition coefficient (Wildman–Crippen LogP) is 11.7. The SMILES string of the molecule is C1=c2cccc3c2=[N+]2C1=C(c1ccccc1)c1cc4cccc5c4n1C21[n+]2c-5ccc4c2-c2c(ccc-3[n+]21)C1N=C(c2cc(C3=NC5c6ccc7[n+]8c6-c6c(ccc9[n+]6C86n8c(cc%10cccc-9c%108)C(c8ccccc8)=C8C=c9cccc-7c9=[N+]86)C5N3)cc(C3=NC5c6ccc7[n+]8c6-c6c(ccc9[n+]6C86n8c(cc%10cccc-9c%108)C(c8ccccc8)=C8C=c9cccc-7c9=[N+]86)C5N3)c2)CC41. The number of para-hydroxylation sites is 6. The molecule has 19 aromatic rings. The predicted molar refractivity (Wildman–Crippen MR) is 508 cm³/mol. The summed E-state index contributed by atoms with van der Waals surface area (Å²) in [6.07, 6.45) is 8.16. The minimum Gasteiger partial charge on any atom is -0.360 e. The van der Waals surface area contributed by atoms with E-state index in [0.717, 1.165) is 40.5 Å². The first kappa shape index (κ1) is 65.2. The molecule has 0 saturated carbocycles. The van der Waals surface area contributed by atoms with Crippen LogP contribution in [0.25, 0.3) is 169 Å². The van der Waals surface area contributed by atoms with E-state index in [0.29, 0.717) is 0 Å². The van der Waals surface area contributed by atoms with Gasteiger partial charge in [0.25, 0.3) is 34.2 Å². The number of benzene rings is 10. The van der Waals surface area contributed by atoms with E-state index in [2.05, 4.69) is 393 Å². The van der Waals surface area contributed by atoms with Crippen molar-refractivity contribution >= 4 is 85.0 Å². The lowest BCUT2D eigenvalue weighted by Gasteiger charge is -2.30. The first-order chi connectivity index (χ1) is 67.0. The first-order valence-corrected chi connectivity index (χ1v) is 47.7. The van der Waals surface area contributed by atoms with Gasteiger partial charge in [-0.2, -0.15) is 13.7 Å². The summed E-state index contributed by atoms with van der Waals surface area (Å²) in [5.74, 6) is -0.890. The van der Waals surface area contributed by atoms with E-state index < -0.39 is 17.7 Å². The molecule has 0 radical (unpaired) electrons. The van der Waals surface area contributed by atoms with Crippen LogP contribution in [-0.4, -0.2) is 31.1 Å². The fraction of sp³-hybridized carbons (Fsp3) is 0.0847. The highest BCUT2D eigenvalue weighted by atomic mass is 15.7. The van der Waals surface area contributed by atoms with Gasteiger partial charge in [-0.15, -0.1) is 0 Å². The summed E-state index contributed by atoms with van der Waals surface area (Å²) in [5.41, 5.74) is 52.1. The van der Waals surface area contributed by atoms with Gasteiger partial charge in [-0.1, -0.05) is 146 Å². The Hall–Kier alpha value is -17.4. The number of aromatic nitrogens is 9. The van der Waals surface area contributed by atoms with E-state index >= 15 is 0 Å². The second-order valence-corrected chi connectivity index (χ2v) is 40.5. The van der Waals surface area contributed by atoms with E-state index in [4.69, 9.17) is 15.0 Å². The van der Waals surface area contributed by atoms with Crippen molar-refractivity contribution in [2.75, 3.05) is 0 Å². The number of nitrogens with zero attached hydrogens (tertiary/aromatic N) is 15. The summed E-state index contributed by atoms with van der Waals surface area (Å²) in [6.45, 7) is 0. The summed E-state index contributed by atoms with van der Waals surface area (Å²) in [4.78, 5) is 18.8. The van der Waals surface area contributed by atoms with Gasteiger partial charge in [0.15, 0.2) is 0 Å². The molecule has 612 valence electrons. The zero-order valence-electron chi connectivity index (χ0n) is 71.6. The Balaban J connectivity index is 0.538. The zero-order chi connectivity index (χ0) is 85.5. The Morgan fingerprint density at radius 3 is 0.978 bits per heavy atom. The molecule has 0 bridgehead atoms. The summed E-state index contributed by atoms with van der Waals surface area (Å²) in [5, 5.41) is 19.9. The van der Waals surface area contributed by atoms with Gasteiger partial charge in [0, 0.05) is 99.1 Å². The number of fused-ring (bicyclic) bond motifs is 15. The molecule has 3 spiro atoms. The number of hydrogen-bond acceptors (Lipinski definition) is 5. The van der Waals surface area contributed by atoms with E-state index in [-0.39, 0.29) is 36.1 Å². The summed E-state index contributed by atoms with van der Waals surface area (Å²) in [7, 11) is 0. The number of amidine groups is 2. The molecule has 18 aliphatic heterocycles. The maximum atomic E-state index is 6.34. The maximum Gasteiger partial charge on any atom is 0.667 e.